The fraction of sp³-hybridized carbons (Fsp3) is 0.375. The Morgan fingerprint density at radius 3 is 2.88 bits per heavy atom. The predicted molar refractivity (Wildman–Crippen MR) is 128 cm³/mol. The quantitative estimate of drug-likeness (QED) is 0.503. The zero-order valence-electron chi connectivity index (χ0n) is 18.4. The minimum absolute atomic E-state index is 0.0516. The molecule has 1 N–H and O–H groups in total. The maximum Gasteiger partial charge on any atom is 0.228 e. The molecule has 3 aromatic rings. The summed E-state index contributed by atoms with van der Waals surface area (Å²) >= 11 is 1.54. The summed E-state index contributed by atoms with van der Waals surface area (Å²) in [6.07, 6.45) is 4.54. The molecule has 0 unspecified atom stereocenters. The Labute approximate surface area is 193 Å². The molecular weight excluding hydrogens is 422 g/mol. The molecule has 0 aliphatic carbocycles. The van der Waals surface area contributed by atoms with E-state index in [9.17, 15) is 4.79 Å². The number of hydrogen-bond donors (Lipinski definition) is 1. The molecule has 1 aliphatic rings. The van der Waals surface area contributed by atoms with Gasteiger partial charge in [0.15, 0.2) is 0 Å². The fourth-order valence-electron chi connectivity index (χ4n) is 3.66. The first-order valence-electron chi connectivity index (χ1n) is 10.9. The van der Waals surface area contributed by atoms with E-state index in [-0.39, 0.29) is 5.91 Å². The van der Waals surface area contributed by atoms with Crippen molar-refractivity contribution in [1.82, 2.24) is 19.8 Å². The number of amides is 1. The first kappa shape index (κ1) is 22.4. The van der Waals surface area contributed by atoms with Gasteiger partial charge in [0.25, 0.3) is 0 Å². The van der Waals surface area contributed by atoms with Gasteiger partial charge in [-0.3, -0.25) is 4.79 Å². The van der Waals surface area contributed by atoms with Gasteiger partial charge in [0.05, 0.1) is 29.3 Å². The molecule has 0 radical (unpaired) electrons. The van der Waals surface area contributed by atoms with Crippen LogP contribution in [0.4, 0.5) is 5.69 Å². The van der Waals surface area contributed by atoms with E-state index in [1.54, 1.807) is 17.5 Å². The largest absolute Gasteiger partial charge is 0.494 e. The predicted octanol–water partition coefficient (Wildman–Crippen LogP) is 3.40. The lowest BCUT2D eigenvalue weighted by molar-refractivity contribution is -0.115. The van der Waals surface area contributed by atoms with Crippen molar-refractivity contribution in [2.45, 2.75) is 12.8 Å². The number of likely N-dealkylation sites (N-methyl/N-ethyl adjacent to an activating group) is 1. The smallest absolute Gasteiger partial charge is 0.228 e. The summed E-state index contributed by atoms with van der Waals surface area (Å²) < 4.78 is 5.93. The highest BCUT2D eigenvalue weighted by atomic mass is 32.1. The van der Waals surface area contributed by atoms with Gasteiger partial charge in [0.2, 0.25) is 5.91 Å². The van der Waals surface area contributed by atoms with Gasteiger partial charge in [-0.1, -0.05) is 12.1 Å². The van der Waals surface area contributed by atoms with Crippen LogP contribution in [-0.2, 0) is 11.2 Å². The average molecular weight is 452 g/mol. The van der Waals surface area contributed by atoms with E-state index < -0.39 is 0 Å². The highest BCUT2D eigenvalue weighted by Crippen LogP contribution is 2.28. The summed E-state index contributed by atoms with van der Waals surface area (Å²) in [5, 5.41) is 4.90. The normalized spacial score (nSPS) is 14.9. The zero-order valence-corrected chi connectivity index (χ0v) is 19.2. The Hall–Kier alpha value is -2.81. The summed E-state index contributed by atoms with van der Waals surface area (Å²) in [7, 11) is 2.17. The summed E-state index contributed by atoms with van der Waals surface area (Å²) in [5.74, 6) is 0.763. The molecule has 0 spiro atoms. The number of carbonyl (C=O) groups excluding carboxylic acids is 1. The Morgan fingerprint density at radius 2 is 2.06 bits per heavy atom. The van der Waals surface area contributed by atoms with Crippen LogP contribution in [0.2, 0.25) is 0 Å². The summed E-state index contributed by atoms with van der Waals surface area (Å²) in [4.78, 5) is 26.6. The van der Waals surface area contributed by atoms with Gasteiger partial charge in [-0.15, -0.1) is 11.3 Å². The second-order valence-electron chi connectivity index (χ2n) is 8.01. The summed E-state index contributed by atoms with van der Waals surface area (Å²) in [5.41, 5.74) is 2.57. The number of thiophene rings is 1. The second-order valence-corrected chi connectivity index (χ2v) is 8.92. The molecule has 1 saturated heterocycles. The Kier molecular flexibility index (Phi) is 7.82. The van der Waals surface area contributed by atoms with Crippen molar-refractivity contribution in [3.05, 3.63) is 59.9 Å². The molecule has 8 heteroatoms. The van der Waals surface area contributed by atoms with E-state index in [1.165, 1.54) is 6.33 Å². The van der Waals surface area contributed by atoms with Crippen molar-refractivity contribution in [3.63, 3.8) is 0 Å². The van der Waals surface area contributed by atoms with Gasteiger partial charge >= 0.3 is 0 Å². The third-order valence-electron chi connectivity index (χ3n) is 5.46. The first-order chi connectivity index (χ1) is 15.7. The highest BCUT2D eigenvalue weighted by Gasteiger charge is 2.13. The van der Waals surface area contributed by atoms with E-state index >= 15 is 0 Å². The highest BCUT2D eigenvalue weighted by molar-refractivity contribution is 7.14. The number of ether oxygens (including phenoxy) is 1. The van der Waals surface area contributed by atoms with Crippen molar-refractivity contribution in [3.8, 4) is 16.3 Å². The lowest BCUT2D eigenvalue weighted by Crippen LogP contribution is -2.44. The zero-order chi connectivity index (χ0) is 22.2. The first-order valence-corrected chi connectivity index (χ1v) is 11.8. The van der Waals surface area contributed by atoms with E-state index in [0.29, 0.717) is 13.0 Å². The molecule has 32 heavy (non-hydrogen) atoms. The summed E-state index contributed by atoms with van der Waals surface area (Å²) in [6.45, 7) is 6.28. The molecule has 1 fully saturated rings. The van der Waals surface area contributed by atoms with Crippen LogP contribution in [-0.4, -0.2) is 72.1 Å². The fourth-order valence-corrected chi connectivity index (χ4v) is 4.48. The van der Waals surface area contributed by atoms with Crippen LogP contribution in [0.3, 0.4) is 0 Å². The van der Waals surface area contributed by atoms with Crippen molar-refractivity contribution in [2.24, 2.45) is 0 Å². The minimum atomic E-state index is -0.0516. The molecule has 2 aromatic heterocycles. The van der Waals surface area contributed by atoms with Crippen LogP contribution in [0, 0.1) is 0 Å². The third kappa shape index (κ3) is 6.59. The third-order valence-corrected chi connectivity index (χ3v) is 6.42. The van der Waals surface area contributed by atoms with Crippen molar-refractivity contribution in [1.29, 1.82) is 0 Å². The van der Waals surface area contributed by atoms with Crippen LogP contribution >= 0.6 is 11.3 Å². The van der Waals surface area contributed by atoms with Crippen molar-refractivity contribution in [2.75, 3.05) is 51.7 Å². The molecular formula is C24H29N5O2S. The number of anilines is 1. The number of carbonyl (C=O) groups is 1. The Balaban J connectivity index is 1.22. The molecule has 0 bridgehead atoms. The monoisotopic (exact) mass is 451 g/mol. The Morgan fingerprint density at radius 1 is 1.19 bits per heavy atom. The van der Waals surface area contributed by atoms with Gasteiger partial charge in [-0.2, -0.15) is 0 Å². The topological polar surface area (TPSA) is 70.6 Å². The molecule has 3 heterocycles. The minimum Gasteiger partial charge on any atom is -0.494 e. The standard InChI is InChI=1S/C24H29N5O2S/c1-28-9-11-29(12-10-28)8-3-13-31-21-5-2-4-19(14-21)15-24(30)27-20-16-23(32-17-20)22-6-7-25-18-26-22/h2,4-7,14,16-18H,3,8-13,15H2,1H3,(H,27,30). The molecule has 7 nitrogen and oxygen atoms in total. The van der Waals surface area contributed by atoms with Gasteiger partial charge in [0.1, 0.15) is 12.1 Å². The number of aromatic nitrogens is 2. The lowest BCUT2D eigenvalue weighted by atomic mass is 10.1. The molecule has 168 valence electrons. The maximum atomic E-state index is 12.5. The molecule has 1 aromatic carbocycles. The summed E-state index contributed by atoms with van der Waals surface area (Å²) in [6, 6.07) is 11.6. The number of rotatable bonds is 9. The van der Waals surface area contributed by atoms with E-state index in [2.05, 4.69) is 32.1 Å². The number of nitrogens with zero attached hydrogens (tertiary/aromatic N) is 4. The average Bonchev–Trinajstić information content (AvgIpc) is 3.27. The number of piperazine rings is 1. The van der Waals surface area contributed by atoms with Crippen LogP contribution < -0.4 is 10.1 Å². The molecule has 4 rings (SSSR count). The van der Waals surface area contributed by atoms with Gasteiger partial charge < -0.3 is 19.9 Å². The SMILES string of the molecule is CN1CCN(CCCOc2cccc(CC(=O)Nc3csc(-c4ccncn4)c3)c2)CC1. The van der Waals surface area contributed by atoms with Gasteiger partial charge in [-0.25, -0.2) is 9.97 Å². The van der Waals surface area contributed by atoms with Gasteiger partial charge in [0, 0.05) is 44.3 Å². The molecule has 1 amide bonds. The number of hydrogen-bond acceptors (Lipinski definition) is 7. The molecule has 0 saturated carbocycles. The number of benzene rings is 1. The number of nitrogens with one attached hydrogen (secondary N) is 1. The van der Waals surface area contributed by atoms with Crippen LogP contribution in [0.5, 0.6) is 5.75 Å². The van der Waals surface area contributed by atoms with Crippen LogP contribution in [0.25, 0.3) is 10.6 Å². The van der Waals surface area contributed by atoms with Gasteiger partial charge in [-0.05, 0) is 43.3 Å². The van der Waals surface area contributed by atoms with E-state index in [1.807, 2.05) is 41.8 Å². The van der Waals surface area contributed by atoms with Crippen molar-refractivity contribution < 1.29 is 9.53 Å². The van der Waals surface area contributed by atoms with E-state index in [0.717, 1.165) is 66.7 Å². The molecule has 1 aliphatic heterocycles. The maximum absolute atomic E-state index is 12.5. The molecule has 0 atom stereocenters. The van der Waals surface area contributed by atoms with E-state index in [4.69, 9.17) is 4.74 Å². The Bertz CT molecular complexity index is 1000. The van der Waals surface area contributed by atoms with Crippen LogP contribution in [0.1, 0.15) is 12.0 Å². The second kappa shape index (κ2) is 11.2. The van der Waals surface area contributed by atoms with Crippen LogP contribution in [0.15, 0.2) is 54.3 Å². The van der Waals surface area contributed by atoms with Crippen molar-refractivity contribution >= 4 is 22.9 Å². The lowest BCUT2D eigenvalue weighted by Gasteiger charge is -2.32.